The topological polar surface area (TPSA) is 52.6 Å². The SMILES string of the molecule is COC(=O)CCC1(CCC(=O)OC)c2cc(I)ccc2-c2ccc(I)cc21. The smallest absolute Gasteiger partial charge is 0.305 e. The highest BCUT2D eigenvalue weighted by Gasteiger charge is 2.43. The Bertz CT molecular complexity index is 818. The Morgan fingerprint density at radius 3 is 1.59 bits per heavy atom. The van der Waals surface area contributed by atoms with Crippen LogP contribution in [0.15, 0.2) is 36.4 Å². The lowest BCUT2D eigenvalue weighted by Gasteiger charge is -2.32. The Morgan fingerprint density at radius 1 is 0.815 bits per heavy atom. The molecule has 0 saturated carbocycles. The predicted octanol–water partition coefficient (Wildman–Crippen LogP) is 5.07. The van der Waals surface area contributed by atoms with Gasteiger partial charge in [0.2, 0.25) is 0 Å². The maximum Gasteiger partial charge on any atom is 0.305 e. The first-order valence-corrected chi connectivity index (χ1v) is 10.8. The first-order chi connectivity index (χ1) is 12.9. The van der Waals surface area contributed by atoms with Gasteiger partial charge in [-0.25, -0.2) is 0 Å². The number of fused-ring (bicyclic) bond motifs is 3. The summed E-state index contributed by atoms with van der Waals surface area (Å²) in [5.74, 6) is -0.475. The van der Waals surface area contributed by atoms with Gasteiger partial charge in [0, 0.05) is 25.4 Å². The summed E-state index contributed by atoms with van der Waals surface area (Å²) in [4.78, 5) is 23.9. The van der Waals surface area contributed by atoms with E-state index in [4.69, 9.17) is 9.47 Å². The molecule has 4 nitrogen and oxygen atoms in total. The van der Waals surface area contributed by atoms with Crippen LogP contribution in [0.3, 0.4) is 0 Å². The van der Waals surface area contributed by atoms with Crippen LogP contribution in [0.25, 0.3) is 11.1 Å². The van der Waals surface area contributed by atoms with E-state index in [1.165, 1.54) is 36.5 Å². The van der Waals surface area contributed by atoms with E-state index in [9.17, 15) is 9.59 Å². The summed E-state index contributed by atoms with van der Waals surface area (Å²) in [6.45, 7) is 0. The van der Waals surface area contributed by atoms with Crippen molar-refractivity contribution >= 4 is 57.1 Å². The minimum Gasteiger partial charge on any atom is -0.469 e. The number of halogens is 2. The standard InChI is InChI=1S/C21H20I2O4/c1-26-19(24)7-9-21(10-8-20(25)27-2)17-11-13(22)3-5-15(17)16-6-4-14(23)12-18(16)21/h3-6,11-12H,7-10H2,1-2H3. The van der Waals surface area contributed by atoms with Crippen molar-refractivity contribution < 1.29 is 19.1 Å². The molecule has 0 unspecified atom stereocenters. The molecule has 6 heteroatoms. The largest absolute Gasteiger partial charge is 0.469 e. The van der Waals surface area contributed by atoms with E-state index in [0.717, 1.165) is 7.14 Å². The second-order valence-electron chi connectivity index (χ2n) is 6.61. The molecule has 0 radical (unpaired) electrons. The molecule has 0 N–H and O–H groups in total. The van der Waals surface area contributed by atoms with Crippen molar-refractivity contribution in [2.45, 2.75) is 31.1 Å². The number of carbonyl (C=O) groups is 2. The van der Waals surface area contributed by atoms with E-state index in [0.29, 0.717) is 25.7 Å². The number of ether oxygens (including phenoxy) is 2. The molecule has 0 amide bonds. The number of hydrogen-bond acceptors (Lipinski definition) is 4. The summed E-state index contributed by atoms with van der Waals surface area (Å²) in [5.41, 5.74) is 4.31. The Labute approximate surface area is 186 Å². The van der Waals surface area contributed by atoms with E-state index in [1.54, 1.807) is 0 Å². The average molecular weight is 590 g/mol. The minimum absolute atomic E-state index is 0.237. The van der Waals surface area contributed by atoms with Gasteiger partial charge in [-0.1, -0.05) is 12.1 Å². The van der Waals surface area contributed by atoms with Crippen molar-refractivity contribution in [2.24, 2.45) is 0 Å². The van der Waals surface area contributed by atoms with Crippen LogP contribution in [0, 0.1) is 7.14 Å². The van der Waals surface area contributed by atoms with E-state index < -0.39 is 5.41 Å². The van der Waals surface area contributed by atoms with E-state index in [1.807, 2.05) is 0 Å². The molecule has 0 bridgehead atoms. The van der Waals surface area contributed by atoms with Crippen LogP contribution in [0.4, 0.5) is 0 Å². The van der Waals surface area contributed by atoms with Gasteiger partial charge in [0.1, 0.15) is 0 Å². The third kappa shape index (κ3) is 4.01. The summed E-state index contributed by atoms with van der Waals surface area (Å²) < 4.78 is 12.1. The number of methoxy groups -OCH3 is 2. The average Bonchev–Trinajstić information content (AvgIpc) is 2.93. The van der Waals surface area contributed by atoms with Gasteiger partial charge in [-0.2, -0.15) is 0 Å². The molecule has 0 spiro atoms. The lowest BCUT2D eigenvalue weighted by atomic mass is 9.71. The number of carbonyl (C=O) groups excluding carboxylic acids is 2. The highest BCUT2D eigenvalue weighted by atomic mass is 127. The van der Waals surface area contributed by atoms with Crippen LogP contribution in [0.1, 0.15) is 36.8 Å². The van der Waals surface area contributed by atoms with Crippen LogP contribution in [-0.2, 0) is 24.5 Å². The fourth-order valence-electron chi connectivity index (χ4n) is 3.94. The van der Waals surface area contributed by atoms with Gasteiger partial charge in [-0.15, -0.1) is 0 Å². The summed E-state index contributed by atoms with van der Waals surface area (Å²) in [6, 6.07) is 12.8. The zero-order valence-corrected chi connectivity index (χ0v) is 19.5. The molecule has 142 valence electrons. The maximum absolute atomic E-state index is 11.9. The molecule has 0 fully saturated rings. The van der Waals surface area contributed by atoms with Gasteiger partial charge < -0.3 is 9.47 Å². The fourth-order valence-corrected chi connectivity index (χ4v) is 4.92. The third-order valence-electron chi connectivity index (χ3n) is 5.25. The van der Waals surface area contributed by atoms with Gasteiger partial charge in [-0.3, -0.25) is 9.59 Å². The number of esters is 2. The quantitative estimate of drug-likeness (QED) is 0.349. The van der Waals surface area contributed by atoms with Crippen LogP contribution >= 0.6 is 45.2 Å². The van der Waals surface area contributed by atoms with Gasteiger partial charge in [0.05, 0.1) is 14.2 Å². The van der Waals surface area contributed by atoms with Crippen molar-refractivity contribution in [2.75, 3.05) is 14.2 Å². The minimum atomic E-state index is -0.407. The normalized spacial score (nSPS) is 13.6. The van der Waals surface area contributed by atoms with Crippen LogP contribution in [0.2, 0.25) is 0 Å². The Hall–Kier alpha value is -1.16. The van der Waals surface area contributed by atoms with Crippen molar-refractivity contribution in [1.29, 1.82) is 0 Å². The Morgan fingerprint density at radius 2 is 1.22 bits per heavy atom. The molecular formula is C21H20I2O4. The third-order valence-corrected chi connectivity index (χ3v) is 6.59. The van der Waals surface area contributed by atoms with Crippen molar-refractivity contribution in [3.8, 4) is 11.1 Å². The molecule has 0 aliphatic heterocycles. The zero-order valence-electron chi connectivity index (χ0n) is 15.2. The van der Waals surface area contributed by atoms with Crippen LogP contribution < -0.4 is 0 Å². The first-order valence-electron chi connectivity index (χ1n) is 8.65. The van der Waals surface area contributed by atoms with Crippen molar-refractivity contribution in [1.82, 2.24) is 0 Å². The molecule has 27 heavy (non-hydrogen) atoms. The van der Waals surface area contributed by atoms with Crippen LogP contribution in [-0.4, -0.2) is 26.2 Å². The van der Waals surface area contributed by atoms with E-state index >= 15 is 0 Å². The summed E-state index contributed by atoms with van der Waals surface area (Å²) in [6.07, 6.45) is 1.79. The first kappa shape index (κ1) is 20.6. The molecule has 0 aromatic heterocycles. The highest BCUT2D eigenvalue weighted by Crippen LogP contribution is 2.54. The Kier molecular flexibility index (Phi) is 6.45. The van der Waals surface area contributed by atoms with E-state index in [2.05, 4.69) is 81.6 Å². The molecule has 1 aliphatic carbocycles. The van der Waals surface area contributed by atoms with Crippen LogP contribution in [0.5, 0.6) is 0 Å². The molecule has 0 atom stereocenters. The summed E-state index contributed by atoms with van der Waals surface area (Å²) in [7, 11) is 2.82. The lowest BCUT2D eigenvalue weighted by molar-refractivity contribution is -0.141. The lowest BCUT2D eigenvalue weighted by Crippen LogP contribution is -2.28. The molecule has 2 aromatic rings. The molecule has 1 aliphatic rings. The van der Waals surface area contributed by atoms with Gasteiger partial charge in [-0.05, 0) is 105 Å². The van der Waals surface area contributed by atoms with Gasteiger partial charge in [0.15, 0.2) is 0 Å². The summed E-state index contributed by atoms with van der Waals surface area (Å²) >= 11 is 4.62. The second kappa shape index (κ2) is 8.46. The summed E-state index contributed by atoms with van der Waals surface area (Å²) in [5, 5.41) is 0. The molecular weight excluding hydrogens is 570 g/mol. The zero-order chi connectivity index (χ0) is 19.6. The van der Waals surface area contributed by atoms with Gasteiger partial charge in [0.25, 0.3) is 0 Å². The van der Waals surface area contributed by atoms with Crippen molar-refractivity contribution in [3.05, 3.63) is 54.7 Å². The van der Waals surface area contributed by atoms with Crippen molar-refractivity contribution in [3.63, 3.8) is 0 Å². The number of benzene rings is 2. The molecule has 2 aromatic carbocycles. The molecule has 0 saturated heterocycles. The second-order valence-corrected chi connectivity index (χ2v) is 9.11. The highest BCUT2D eigenvalue weighted by molar-refractivity contribution is 14.1. The molecule has 0 heterocycles. The maximum atomic E-state index is 11.9. The monoisotopic (exact) mass is 590 g/mol. The number of rotatable bonds is 6. The Balaban J connectivity index is 2.17. The van der Waals surface area contributed by atoms with Gasteiger partial charge >= 0.3 is 11.9 Å². The number of hydrogen-bond donors (Lipinski definition) is 0. The predicted molar refractivity (Wildman–Crippen MR) is 121 cm³/mol. The molecule has 3 rings (SSSR count). The fraction of sp³-hybridized carbons (Fsp3) is 0.333. The van der Waals surface area contributed by atoms with E-state index in [-0.39, 0.29) is 11.9 Å².